The molecule has 1 fully saturated rings. The molecule has 232 valence electrons. The van der Waals surface area contributed by atoms with Gasteiger partial charge < -0.3 is 35.1 Å². The molecule has 0 bridgehead atoms. The number of ether oxygens (including phenoxy) is 4. The predicted octanol–water partition coefficient (Wildman–Crippen LogP) is 1.96. The van der Waals surface area contributed by atoms with Gasteiger partial charge >= 0.3 is 12.1 Å². The fraction of sp³-hybridized carbons (Fsp3) is 0.517. The van der Waals surface area contributed by atoms with E-state index in [1.54, 1.807) is 0 Å². The molecular formula is C29H41N3O9S. The van der Waals surface area contributed by atoms with Crippen LogP contribution < -0.4 is 11.1 Å². The summed E-state index contributed by atoms with van der Waals surface area (Å²) in [5.41, 5.74) is 7.01. The number of sulfonamides is 1. The number of aliphatic hydroxyl groups is 1. The summed E-state index contributed by atoms with van der Waals surface area (Å²) < 4.78 is 50.6. The second kappa shape index (κ2) is 16.4. The number of nitrogens with two attached hydrogens (primary N) is 1. The maximum Gasteiger partial charge on any atom is 0.407 e. The number of rotatable bonds is 16. The van der Waals surface area contributed by atoms with Crippen LogP contribution in [0.5, 0.6) is 0 Å². The number of carbonyl (C=O) groups excluding carboxylic acids is 2. The number of nitrogen functional groups attached to an aromatic ring is 1. The van der Waals surface area contributed by atoms with Gasteiger partial charge in [-0.3, -0.25) is 0 Å². The van der Waals surface area contributed by atoms with Gasteiger partial charge in [-0.2, -0.15) is 4.31 Å². The number of anilines is 1. The average molecular weight is 608 g/mol. The van der Waals surface area contributed by atoms with Crippen LogP contribution in [0.15, 0.2) is 59.5 Å². The third-order valence-electron chi connectivity index (χ3n) is 6.42. The topological polar surface area (TPSA) is 167 Å². The Kier molecular flexibility index (Phi) is 13.0. The minimum Gasteiger partial charge on any atom is -0.457 e. The van der Waals surface area contributed by atoms with E-state index in [2.05, 4.69) is 5.32 Å². The summed E-state index contributed by atoms with van der Waals surface area (Å²) in [6, 6.07) is 14.2. The first-order chi connectivity index (χ1) is 20.1. The molecule has 1 saturated heterocycles. The lowest BCUT2D eigenvalue weighted by atomic mass is 10.0. The summed E-state index contributed by atoms with van der Waals surface area (Å²) in [5.74, 6) is -0.856. The molecule has 12 nitrogen and oxygen atoms in total. The predicted molar refractivity (Wildman–Crippen MR) is 155 cm³/mol. The maximum absolute atomic E-state index is 13.8. The lowest BCUT2D eigenvalue weighted by Gasteiger charge is -2.33. The van der Waals surface area contributed by atoms with Gasteiger partial charge in [0.2, 0.25) is 10.0 Å². The Morgan fingerprint density at radius 1 is 1.12 bits per heavy atom. The molecule has 2 aromatic rings. The standard InChI is InChI=1S/C29H41N3O9S/c1-21(2)17-32(42(36,37)25-10-8-23(30)9-11-25)18-27(41-28(34)20-39-15-13-33)26(16-22-6-4-3-5-7-22)31-29(35)40-24-12-14-38-19-24/h3-11,21,24,26-27,33H,12-20,30H2,1-2H3,(H,31,35). The van der Waals surface area contributed by atoms with E-state index in [0.717, 1.165) is 5.56 Å². The third kappa shape index (κ3) is 10.6. The van der Waals surface area contributed by atoms with Crippen molar-refractivity contribution < 1.29 is 42.1 Å². The van der Waals surface area contributed by atoms with Crippen molar-refractivity contribution in [1.82, 2.24) is 9.62 Å². The molecule has 2 aromatic carbocycles. The van der Waals surface area contributed by atoms with Crippen LogP contribution in [0.1, 0.15) is 25.8 Å². The smallest absolute Gasteiger partial charge is 0.407 e. The SMILES string of the molecule is CC(C)CN(CC(OC(=O)COCCO)C(Cc1ccccc1)NC(=O)OC1CCOC1)S(=O)(=O)c1ccc(N)cc1. The van der Waals surface area contributed by atoms with Crippen LogP contribution in [0.3, 0.4) is 0 Å². The Morgan fingerprint density at radius 2 is 1.83 bits per heavy atom. The quantitative estimate of drug-likeness (QED) is 0.146. The lowest BCUT2D eigenvalue weighted by molar-refractivity contribution is -0.156. The number of amides is 1. The van der Waals surface area contributed by atoms with Gasteiger partial charge in [-0.15, -0.1) is 0 Å². The summed E-state index contributed by atoms with van der Waals surface area (Å²) in [5, 5.41) is 11.8. The minimum absolute atomic E-state index is 0.0296. The van der Waals surface area contributed by atoms with Gasteiger partial charge in [0.05, 0.1) is 43.9 Å². The van der Waals surface area contributed by atoms with E-state index in [1.807, 2.05) is 44.2 Å². The first-order valence-corrected chi connectivity index (χ1v) is 15.3. The van der Waals surface area contributed by atoms with Crippen molar-refractivity contribution in [3.8, 4) is 0 Å². The molecule has 0 aliphatic carbocycles. The van der Waals surface area contributed by atoms with Gasteiger partial charge in [0, 0.05) is 18.7 Å². The zero-order chi connectivity index (χ0) is 30.5. The van der Waals surface area contributed by atoms with E-state index >= 15 is 0 Å². The molecule has 3 atom stereocenters. The normalized spacial score (nSPS) is 16.7. The van der Waals surface area contributed by atoms with Crippen molar-refractivity contribution in [3.63, 3.8) is 0 Å². The van der Waals surface area contributed by atoms with Crippen molar-refractivity contribution in [2.75, 3.05) is 51.9 Å². The molecule has 4 N–H and O–H groups in total. The number of carbonyl (C=O) groups is 2. The molecule has 0 aromatic heterocycles. The van der Waals surface area contributed by atoms with Crippen molar-refractivity contribution >= 4 is 27.8 Å². The molecule has 0 saturated carbocycles. The molecule has 1 amide bonds. The van der Waals surface area contributed by atoms with Crippen molar-refractivity contribution in [2.24, 2.45) is 5.92 Å². The highest BCUT2D eigenvalue weighted by Crippen LogP contribution is 2.22. The van der Waals surface area contributed by atoms with E-state index in [4.69, 9.17) is 29.8 Å². The summed E-state index contributed by atoms with van der Waals surface area (Å²) in [6.45, 7) is 3.52. The van der Waals surface area contributed by atoms with Crippen molar-refractivity contribution in [1.29, 1.82) is 0 Å². The zero-order valence-corrected chi connectivity index (χ0v) is 24.8. The van der Waals surface area contributed by atoms with Gasteiger partial charge in [-0.05, 0) is 42.2 Å². The highest BCUT2D eigenvalue weighted by atomic mass is 32.2. The number of benzene rings is 2. The summed E-state index contributed by atoms with van der Waals surface area (Å²) in [7, 11) is -4.06. The van der Waals surface area contributed by atoms with Crippen LogP contribution in [-0.2, 0) is 40.2 Å². The second-order valence-electron chi connectivity index (χ2n) is 10.4. The Balaban J connectivity index is 1.95. The van der Waals surface area contributed by atoms with E-state index in [-0.39, 0.29) is 50.1 Å². The Labute approximate surface area is 247 Å². The summed E-state index contributed by atoms with van der Waals surface area (Å²) >= 11 is 0. The second-order valence-corrected chi connectivity index (χ2v) is 12.4. The number of nitrogens with zero attached hydrogens (tertiary/aromatic N) is 1. The van der Waals surface area contributed by atoms with Crippen molar-refractivity contribution in [2.45, 2.75) is 49.8 Å². The fourth-order valence-electron chi connectivity index (χ4n) is 4.42. The molecule has 1 aliphatic rings. The van der Waals surface area contributed by atoms with Gasteiger partial charge in [-0.1, -0.05) is 44.2 Å². The molecule has 1 aliphatic heterocycles. The Bertz CT molecular complexity index is 1220. The number of esters is 1. The van der Waals surface area contributed by atoms with Gasteiger partial charge in [-0.25, -0.2) is 18.0 Å². The number of nitrogens with one attached hydrogen (secondary N) is 1. The average Bonchev–Trinajstić information content (AvgIpc) is 3.45. The number of aliphatic hydroxyl groups excluding tert-OH is 1. The van der Waals surface area contributed by atoms with Crippen LogP contribution in [0, 0.1) is 5.92 Å². The van der Waals surface area contributed by atoms with Crippen LogP contribution >= 0.6 is 0 Å². The highest BCUT2D eigenvalue weighted by molar-refractivity contribution is 7.89. The van der Waals surface area contributed by atoms with Crippen LogP contribution in [0.2, 0.25) is 0 Å². The first kappa shape index (κ1) is 33.3. The molecular weight excluding hydrogens is 566 g/mol. The van der Waals surface area contributed by atoms with E-state index in [0.29, 0.717) is 18.7 Å². The monoisotopic (exact) mass is 607 g/mol. The fourth-order valence-corrected chi connectivity index (χ4v) is 6.04. The minimum atomic E-state index is -4.06. The maximum atomic E-state index is 13.8. The summed E-state index contributed by atoms with van der Waals surface area (Å²) in [6.07, 6.45) is -1.52. The van der Waals surface area contributed by atoms with E-state index in [1.165, 1.54) is 28.6 Å². The highest BCUT2D eigenvalue weighted by Gasteiger charge is 2.35. The third-order valence-corrected chi connectivity index (χ3v) is 8.27. The first-order valence-electron chi connectivity index (χ1n) is 13.9. The van der Waals surface area contributed by atoms with Gasteiger partial charge in [0.15, 0.2) is 0 Å². The van der Waals surface area contributed by atoms with Gasteiger partial charge in [0.25, 0.3) is 0 Å². The largest absolute Gasteiger partial charge is 0.457 e. The molecule has 0 radical (unpaired) electrons. The molecule has 13 heteroatoms. The van der Waals surface area contributed by atoms with E-state index < -0.39 is 46.9 Å². The lowest BCUT2D eigenvalue weighted by Crippen LogP contribution is -2.53. The van der Waals surface area contributed by atoms with E-state index in [9.17, 15) is 18.0 Å². The number of hydrogen-bond acceptors (Lipinski definition) is 10. The molecule has 42 heavy (non-hydrogen) atoms. The molecule has 3 rings (SSSR count). The molecule has 0 spiro atoms. The van der Waals surface area contributed by atoms with Crippen LogP contribution in [-0.4, -0.2) is 94.3 Å². The Hall–Kier alpha value is -3.23. The van der Waals surface area contributed by atoms with Crippen molar-refractivity contribution in [3.05, 3.63) is 60.2 Å². The molecule has 1 heterocycles. The van der Waals surface area contributed by atoms with Gasteiger partial charge in [0.1, 0.15) is 18.8 Å². The van der Waals surface area contributed by atoms with Crippen LogP contribution in [0.4, 0.5) is 10.5 Å². The number of alkyl carbamates (subject to hydrolysis) is 1. The van der Waals surface area contributed by atoms with Crippen LogP contribution in [0.25, 0.3) is 0 Å². The molecule has 3 unspecified atom stereocenters. The zero-order valence-electron chi connectivity index (χ0n) is 24.0. The summed E-state index contributed by atoms with van der Waals surface area (Å²) in [4.78, 5) is 25.9. The number of hydrogen-bond donors (Lipinski definition) is 3. The Morgan fingerprint density at radius 3 is 2.45 bits per heavy atom.